The molecule has 0 aromatic carbocycles. The Morgan fingerprint density at radius 3 is 2.48 bits per heavy atom. The van der Waals surface area contributed by atoms with Crippen molar-refractivity contribution in [1.29, 1.82) is 0 Å². The number of hydrogen-bond acceptors (Lipinski definition) is 10. The third-order valence-corrected chi connectivity index (χ3v) is 3.75. The molecule has 1 unspecified atom stereocenters. The Morgan fingerprint density at radius 2 is 2.00 bits per heavy atom. The van der Waals surface area contributed by atoms with Gasteiger partial charge < -0.3 is 15.6 Å². The number of hydrazone groups is 1. The SMILES string of the molecule is CC.CC(=O)N(OCC1=NNNN1)C1CC[C@@H](C)N(CC(=O)[O-])C1.CN.[Na+]. The molecule has 1 fully saturated rings. The Balaban J connectivity index is 0. The number of nitrogens with zero attached hydrogens (tertiary/aromatic N) is 3. The molecule has 152 valence electrons. The summed E-state index contributed by atoms with van der Waals surface area (Å²) in [6.45, 7) is 7.77. The topological polar surface area (TPSA) is 147 Å². The number of nitrogens with two attached hydrogens (primary N) is 1. The molecule has 2 rings (SSSR count). The monoisotopic (exact) mass is 397 g/mol. The number of amidine groups is 1. The van der Waals surface area contributed by atoms with Crippen molar-refractivity contribution in [3.63, 3.8) is 0 Å². The number of nitrogens with one attached hydrogen (secondary N) is 3. The Morgan fingerprint density at radius 1 is 1.37 bits per heavy atom. The fourth-order valence-corrected chi connectivity index (χ4v) is 2.61. The van der Waals surface area contributed by atoms with Crippen LogP contribution < -0.4 is 56.9 Å². The van der Waals surface area contributed by atoms with Gasteiger partial charge in [-0.25, -0.2) is 10.6 Å². The Hall–Kier alpha value is -0.950. The van der Waals surface area contributed by atoms with Gasteiger partial charge in [-0.15, -0.1) is 10.6 Å². The zero-order chi connectivity index (χ0) is 20.1. The summed E-state index contributed by atoms with van der Waals surface area (Å²) in [6, 6.07) is -0.0618. The normalized spacial score (nSPS) is 20.9. The van der Waals surface area contributed by atoms with Gasteiger partial charge in [-0.3, -0.25) is 20.0 Å². The molecule has 2 heterocycles. The Bertz CT molecular complexity index is 467. The van der Waals surface area contributed by atoms with Crippen LogP contribution in [0.3, 0.4) is 0 Å². The van der Waals surface area contributed by atoms with Gasteiger partial charge in [-0.05, 0) is 26.8 Å². The first kappa shape index (κ1) is 28.3. The van der Waals surface area contributed by atoms with Gasteiger partial charge in [0.2, 0.25) is 5.91 Å². The summed E-state index contributed by atoms with van der Waals surface area (Å²) in [5.74, 6) is -0.834. The molecule has 11 nitrogen and oxygen atoms in total. The fourth-order valence-electron chi connectivity index (χ4n) is 2.61. The zero-order valence-corrected chi connectivity index (χ0v) is 19.2. The molecule has 1 saturated heterocycles. The molecule has 0 saturated carbocycles. The van der Waals surface area contributed by atoms with Gasteiger partial charge in [-0.1, -0.05) is 13.8 Å². The summed E-state index contributed by atoms with van der Waals surface area (Å²) in [5, 5.41) is 16.0. The van der Waals surface area contributed by atoms with Crippen LogP contribution in [0, 0.1) is 0 Å². The van der Waals surface area contributed by atoms with E-state index in [-0.39, 0.29) is 60.7 Å². The molecular weight excluding hydrogens is 365 g/mol. The van der Waals surface area contributed by atoms with E-state index in [1.165, 1.54) is 19.0 Å². The fraction of sp³-hybridized carbons (Fsp3) is 0.800. The van der Waals surface area contributed by atoms with E-state index in [0.29, 0.717) is 12.4 Å². The maximum atomic E-state index is 11.8. The largest absolute Gasteiger partial charge is 1.00 e. The summed E-state index contributed by atoms with van der Waals surface area (Å²) in [7, 11) is 1.50. The molecular formula is C15H32N7NaO4. The van der Waals surface area contributed by atoms with Crippen molar-refractivity contribution in [2.24, 2.45) is 10.8 Å². The summed E-state index contributed by atoms with van der Waals surface area (Å²) < 4.78 is 0. The number of aliphatic carboxylic acids is 1. The molecule has 0 aromatic heterocycles. The summed E-state index contributed by atoms with van der Waals surface area (Å²) in [6.07, 6.45) is 1.54. The molecule has 2 aliphatic rings. The average Bonchev–Trinajstić information content (AvgIpc) is 3.14. The molecule has 12 heteroatoms. The van der Waals surface area contributed by atoms with Crippen molar-refractivity contribution in [3.05, 3.63) is 0 Å². The van der Waals surface area contributed by atoms with E-state index in [1.807, 2.05) is 20.8 Å². The molecule has 2 atom stereocenters. The third kappa shape index (κ3) is 10.2. The van der Waals surface area contributed by atoms with Gasteiger partial charge in [-0.2, -0.15) is 0 Å². The number of amides is 1. The van der Waals surface area contributed by atoms with Crippen molar-refractivity contribution in [3.8, 4) is 0 Å². The van der Waals surface area contributed by atoms with Gasteiger partial charge >= 0.3 is 29.6 Å². The standard InChI is InChI=1S/C12H22N6O4.C2H6.CH5N.Na/c1-8-3-4-10(5-17(8)6-12(20)21)18(9(2)19)22-7-11-13-15-16-14-11;2*1-2;/h8,10,15-16H,3-7H2,1-2H3,(H,13,14)(H,20,21);1-2H3;2H2,1H3;/q;;;+1/p-1/t8-,10?;;;/m1.../s1. The van der Waals surface area contributed by atoms with Gasteiger partial charge in [0, 0.05) is 26.1 Å². The van der Waals surface area contributed by atoms with Crippen LogP contribution in [-0.2, 0) is 14.4 Å². The number of carboxylic acid groups (broad SMARTS) is 1. The van der Waals surface area contributed by atoms with E-state index in [0.717, 1.165) is 12.8 Å². The average molecular weight is 397 g/mol. The van der Waals surface area contributed by atoms with Crippen molar-refractivity contribution in [1.82, 2.24) is 26.5 Å². The minimum Gasteiger partial charge on any atom is -0.549 e. The quantitative estimate of drug-likeness (QED) is 0.255. The molecule has 0 bridgehead atoms. The number of carboxylic acids is 1. The minimum atomic E-state index is -1.12. The molecule has 2 aliphatic heterocycles. The van der Waals surface area contributed by atoms with Crippen LogP contribution in [0.15, 0.2) is 5.10 Å². The first-order valence-electron chi connectivity index (χ1n) is 8.74. The predicted octanol–water partition coefficient (Wildman–Crippen LogP) is -5.10. The van der Waals surface area contributed by atoms with E-state index < -0.39 is 5.97 Å². The number of hydrogen-bond donors (Lipinski definition) is 4. The van der Waals surface area contributed by atoms with Gasteiger partial charge in [0.25, 0.3) is 0 Å². The number of rotatable bonds is 6. The van der Waals surface area contributed by atoms with Crippen LogP contribution in [0.2, 0.25) is 0 Å². The second-order valence-electron chi connectivity index (χ2n) is 5.42. The first-order valence-corrected chi connectivity index (χ1v) is 8.74. The van der Waals surface area contributed by atoms with Crippen LogP contribution in [0.4, 0.5) is 0 Å². The van der Waals surface area contributed by atoms with Gasteiger partial charge in [0.1, 0.15) is 6.61 Å². The number of carbonyl (C=O) groups is 2. The van der Waals surface area contributed by atoms with E-state index in [4.69, 9.17) is 4.84 Å². The van der Waals surface area contributed by atoms with E-state index in [1.54, 1.807) is 4.90 Å². The van der Waals surface area contributed by atoms with Crippen LogP contribution in [0.1, 0.15) is 40.5 Å². The van der Waals surface area contributed by atoms with Gasteiger partial charge in [0.05, 0.1) is 12.0 Å². The molecule has 0 spiro atoms. The van der Waals surface area contributed by atoms with E-state index >= 15 is 0 Å². The smallest absolute Gasteiger partial charge is 0.549 e. The molecule has 1 amide bonds. The maximum Gasteiger partial charge on any atom is 1.00 e. The van der Waals surface area contributed by atoms with Crippen molar-refractivity contribution in [2.45, 2.75) is 52.6 Å². The Labute approximate surface area is 183 Å². The number of likely N-dealkylation sites (tertiary alicyclic amines) is 1. The summed E-state index contributed by atoms with van der Waals surface area (Å²) >= 11 is 0. The number of carbonyl (C=O) groups excluding carboxylic acids is 2. The molecule has 0 aromatic rings. The second kappa shape index (κ2) is 16.0. The first-order chi connectivity index (χ1) is 12.5. The molecule has 0 radical (unpaired) electrons. The number of hydroxylamine groups is 2. The number of piperidine rings is 1. The van der Waals surface area contributed by atoms with Crippen LogP contribution in [-0.4, -0.2) is 66.5 Å². The zero-order valence-electron chi connectivity index (χ0n) is 17.2. The molecule has 27 heavy (non-hydrogen) atoms. The van der Waals surface area contributed by atoms with E-state index in [9.17, 15) is 14.7 Å². The van der Waals surface area contributed by atoms with Crippen molar-refractivity contribution < 1.29 is 49.1 Å². The molecule has 5 N–H and O–H groups in total. The third-order valence-electron chi connectivity index (χ3n) is 3.75. The summed E-state index contributed by atoms with van der Waals surface area (Å²) in [4.78, 5) is 30.0. The van der Waals surface area contributed by atoms with Gasteiger partial charge in [0.15, 0.2) is 5.84 Å². The summed E-state index contributed by atoms with van der Waals surface area (Å²) in [5.41, 5.74) is 12.3. The van der Waals surface area contributed by atoms with Crippen LogP contribution >= 0.6 is 0 Å². The molecule has 0 aliphatic carbocycles. The van der Waals surface area contributed by atoms with Crippen LogP contribution in [0.25, 0.3) is 0 Å². The van der Waals surface area contributed by atoms with Crippen molar-refractivity contribution >= 4 is 17.7 Å². The Kier molecular flexibility index (Phi) is 16.8. The second-order valence-corrected chi connectivity index (χ2v) is 5.42. The van der Waals surface area contributed by atoms with Crippen LogP contribution in [0.5, 0.6) is 0 Å². The van der Waals surface area contributed by atoms with Crippen molar-refractivity contribution in [2.75, 3.05) is 26.7 Å². The number of hydrazine groups is 2. The maximum absolute atomic E-state index is 11.8. The minimum absolute atomic E-state index is 0. The van der Waals surface area contributed by atoms with E-state index in [2.05, 4.69) is 27.3 Å². The predicted molar refractivity (Wildman–Crippen MR) is 95.8 cm³/mol.